The predicted octanol–water partition coefficient (Wildman–Crippen LogP) is 2.20. The van der Waals surface area contributed by atoms with E-state index in [0.717, 1.165) is 0 Å². The highest BCUT2D eigenvalue weighted by molar-refractivity contribution is 5.96. The van der Waals surface area contributed by atoms with Crippen LogP contribution in [0.15, 0.2) is 24.3 Å². The fraction of sp³-hybridized carbons (Fsp3) is 0.529. The lowest BCUT2D eigenvalue weighted by molar-refractivity contribution is -0.383. The van der Waals surface area contributed by atoms with Crippen LogP contribution in [0.25, 0.3) is 0 Å². The first-order valence-corrected chi connectivity index (χ1v) is 8.39. The quantitative estimate of drug-likeness (QED) is 0.480. The number of esters is 1. The molecule has 25 heavy (non-hydrogen) atoms. The summed E-state index contributed by atoms with van der Waals surface area (Å²) in [6.45, 7) is 5.12. The summed E-state index contributed by atoms with van der Waals surface area (Å²) in [6.07, 6.45) is 1.28. The SMILES string of the molecule is CCOC(=O)C1CCN([C@@H](C)C(=O)Nc2ccccc2[N+](=O)[O-])CC1. The first-order valence-electron chi connectivity index (χ1n) is 8.39. The van der Waals surface area contributed by atoms with Crippen molar-refractivity contribution in [3.05, 3.63) is 34.4 Å². The van der Waals surface area contributed by atoms with E-state index in [2.05, 4.69) is 5.32 Å². The molecule has 0 bridgehead atoms. The lowest BCUT2D eigenvalue weighted by atomic mass is 9.96. The average molecular weight is 349 g/mol. The maximum atomic E-state index is 12.4. The topological polar surface area (TPSA) is 102 Å². The summed E-state index contributed by atoms with van der Waals surface area (Å²) >= 11 is 0. The Morgan fingerprint density at radius 2 is 2.00 bits per heavy atom. The second-order valence-electron chi connectivity index (χ2n) is 6.00. The third-order valence-corrected chi connectivity index (χ3v) is 4.44. The van der Waals surface area contributed by atoms with E-state index in [4.69, 9.17) is 4.74 Å². The van der Waals surface area contributed by atoms with Gasteiger partial charge in [-0.15, -0.1) is 0 Å². The molecule has 1 aliphatic heterocycles. The highest BCUT2D eigenvalue weighted by Crippen LogP contribution is 2.25. The van der Waals surface area contributed by atoms with Gasteiger partial charge in [-0.3, -0.25) is 24.6 Å². The van der Waals surface area contributed by atoms with Gasteiger partial charge < -0.3 is 10.1 Å². The van der Waals surface area contributed by atoms with Crippen LogP contribution in [-0.2, 0) is 14.3 Å². The molecule has 1 fully saturated rings. The smallest absolute Gasteiger partial charge is 0.309 e. The number of nitro benzene ring substituents is 1. The number of amides is 1. The maximum absolute atomic E-state index is 12.4. The fourth-order valence-corrected chi connectivity index (χ4v) is 2.92. The van der Waals surface area contributed by atoms with Crippen molar-refractivity contribution >= 4 is 23.3 Å². The number of hydrogen-bond acceptors (Lipinski definition) is 6. The normalized spacial score (nSPS) is 16.9. The van der Waals surface area contributed by atoms with Gasteiger partial charge in [0, 0.05) is 6.07 Å². The van der Waals surface area contributed by atoms with Crippen LogP contribution in [0.5, 0.6) is 0 Å². The number of hydrogen-bond donors (Lipinski definition) is 1. The van der Waals surface area contributed by atoms with Gasteiger partial charge in [-0.05, 0) is 45.8 Å². The zero-order valence-corrected chi connectivity index (χ0v) is 14.4. The van der Waals surface area contributed by atoms with Gasteiger partial charge in [0.15, 0.2) is 0 Å². The molecule has 0 aliphatic carbocycles. The first-order chi connectivity index (χ1) is 11.9. The monoisotopic (exact) mass is 349 g/mol. The van der Waals surface area contributed by atoms with Crippen LogP contribution in [0.1, 0.15) is 26.7 Å². The molecule has 1 atom stereocenters. The Kier molecular flexibility index (Phi) is 6.46. The Morgan fingerprint density at radius 1 is 1.36 bits per heavy atom. The zero-order valence-electron chi connectivity index (χ0n) is 14.4. The molecule has 2 rings (SSSR count). The number of rotatable bonds is 6. The lowest BCUT2D eigenvalue weighted by Gasteiger charge is -2.34. The van der Waals surface area contributed by atoms with Crippen LogP contribution >= 0.6 is 0 Å². The van der Waals surface area contributed by atoms with Gasteiger partial charge in [-0.1, -0.05) is 12.1 Å². The predicted molar refractivity (Wildman–Crippen MR) is 92.1 cm³/mol. The van der Waals surface area contributed by atoms with Crippen LogP contribution in [-0.4, -0.2) is 47.4 Å². The number of nitro groups is 1. The number of carbonyl (C=O) groups excluding carboxylic acids is 2. The second-order valence-corrected chi connectivity index (χ2v) is 6.00. The summed E-state index contributed by atoms with van der Waals surface area (Å²) in [5, 5.41) is 13.7. The summed E-state index contributed by atoms with van der Waals surface area (Å²) in [6, 6.07) is 5.61. The van der Waals surface area contributed by atoms with Crippen molar-refractivity contribution in [2.45, 2.75) is 32.7 Å². The number of carbonyl (C=O) groups is 2. The van der Waals surface area contributed by atoms with E-state index in [1.54, 1.807) is 26.0 Å². The lowest BCUT2D eigenvalue weighted by Crippen LogP contribution is -2.47. The van der Waals surface area contributed by atoms with Crippen molar-refractivity contribution in [1.82, 2.24) is 4.90 Å². The van der Waals surface area contributed by atoms with Crippen LogP contribution in [0, 0.1) is 16.0 Å². The Morgan fingerprint density at radius 3 is 2.60 bits per heavy atom. The molecule has 1 amide bonds. The third-order valence-electron chi connectivity index (χ3n) is 4.44. The molecule has 0 spiro atoms. The largest absolute Gasteiger partial charge is 0.466 e. The van der Waals surface area contributed by atoms with E-state index >= 15 is 0 Å². The average Bonchev–Trinajstić information content (AvgIpc) is 2.61. The van der Waals surface area contributed by atoms with Gasteiger partial charge in [0.1, 0.15) is 5.69 Å². The van der Waals surface area contributed by atoms with Crippen LogP contribution in [0.2, 0.25) is 0 Å². The van der Waals surface area contributed by atoms with Gasteiger partial charge in [0.2, 0.25) is 5.91 Å². The van der Waals surface area contributed by atoms with E-state index in [9.17, 15) is 19.7 Å². The molecule has 8 nitrogen and oxygen atoms in total. The minimum atomic E-state index is -0.523. The number of benzene rings is 1. The van der Waals surface area contributed by atoms with Crippen LogP contribution in [0.3, 0.4) is 0 Å². The molecule has 1 saturated heterocycles. The van der Waals surface area contributed by atoms with Gasteiger partial charge in [0.25, 0.3) is 5.69 Å². The Bertz CT molecular complexity index is 641. The number of likely N-dealkylation sites (tertiary alicyclic amines) is 1. The molecule has 8 heteroatoms. The Balaban J connectivity index is 1.93. The molecule has 1 aliphatic rings. The van der Waals surface area contributed by atoms with E-state index in [-0.39, 0.29) is 29.2 Å². The van der Waals surface area contributed by atoms with Gasteiger partial charge in [-0.2, -0.15) is 0 Å². The number of piperidine rings is 1. The number of anilines is 1. The standard InChI is InChI=1S/C17H23N3O5/c1-3-25-17(22)13-8-10-19(11-9-13)12(2)16(21)18-14-6-4-5-7-15(14)20(23)24/h4-7,12-13H,3,8-11H2,1-2H3,(H,18,21)/t12-/m0/s1. The molecule has 136 valence electrons. The highest BCUT2D eigenvalue weighted by Gasteiger charge is 2.31. The van der Waals surface area contributed by atoms with E-state index < -0.39 is 11.0 Å². The van der Waals surface area contributed by atoms with Crippen molar-refractivity contribution < 1.29 is 19.2 Å². The van der Waals surface area contributed by atoms with E-state index in [1.807, 2.05) is 4.90 Å². The van der Waals surface area contributed by atoms with Crippen molar-refractivity contribution in [2.75, 3.05) is 25.0 Å². The summed E-state index contributed by atoms with van der Waals surface area (Å²) in [4.78, 5) is 36.7. The second kappa shape index (κ2) is 8.57. The molecular weight excluding hydrogens is 326 g/mol. The maximum Gasteiger partial charge on any atom is 0.309 e. The van der Waals surface area contributed by atoms with Crippen LogP contribution in [0.4, 0.5) is 11.4 Å². The molecule has 0 saturated carbocycles. The number of nitrogens with zero attached hydrogens (tertiary/aromatic N) is 2. The van der Waals surface area contributed by atoms with Gasteiger partial charge in [-0.25, -0.2) is 0 Å². The Labute approximate surface area is 146 Å². The first kappa shape index (κ1) is 18.9. The highest BCUT2D eigenvalue weighted by atomic mass is 16.6. The molecular formula is C17H23N3O5. The van der Waals surface area contributed by atoms with Crippen LogP contribution < -0.4 is 5.32 Å². The summed E-state index contributed by atoms with van der Waals surface area (Å²) in [7, 11) is 0. The summed E-state index contributed by atoms with van der Waals surface area (Å²) in [5.41, 5.74) is 0.0508. The number of ether oxygens (including phenoxy) is 1. The van der Waals surface area contributed by atoms with Crippen molar-refractivity contribution in [3.8, 4) is 0 Å². The molecule has 1 aromatic carbocycles. The minimum absolute atomic E-state index is 0.123. The Hall–Kier alpha value is -2.48. The zero-order chi connectivity index (χ0) is 18.4. The molecule has 1 N–H and O–H groups in total. The van der Waals surface area contributed by atoms with Crippen molar-refractivity contribution in [3.63, 3.8) is 0 Å². The summed E-state index contributed by atoms with van der Waals surface area (Å²) < 4.78 is 5.04. The molecule has 1 aromatic rings. The van der Waals surface area contributed by atoms with Gasteiger partial charge >= 0.3 is 5.97 Å². The fourth-order valence-electron chi connectivity index (χ4n) is 2.92. The number of para-hydroxylation sites is 2. The van der Waals surface area contributed by atoms with Crippen molar-refractivity contribution in [2.24, 2.45) is 5.92 Å². The molecule has 0 radical (unpaired) electrons. The third kappa shape index (κ3) is 4.76. The van der Waals surface area contributed by atoms with E-state index in [0.29, 0.717) is 32.5 Å². The number of nitrogens with one attached hydrogen (secondary N) is 1. The van der Waals surface area contributed by atoms with Gasteiger partial charge in [0.05, 0.1) is 23.5 Å². The molecule has 0 unspecified atom stereocenters. The van der Waals surface area contributed by atoms with E-state index in [1.165, 1.54) is 12.1 Å². The van der Waals surface area contributed by atoms with Crippen molar-refractivity contribution in [1.29, 1.82) is 0 Å². The minimum Gasteiger partial charge on any atom is -0.466 e. The molecule has 1 heterocycles. The molecule has 0 aromatic heterocycles. The summed E-state index contributed by atoms with van der Waals surface area (Å²) in [5.74, 6) is -0.607.